The first-order valence-electron chi connectivity index (χ1n) is 7.54. The highest BCUT2D eigenvalue weighted by Gasteiger charge is 2.22. The number of nitrogens with zero attached hydrogens (tertiary/aromatic N) is 2. The molecule has 3 rings (SSSR count). The van der Waals surface area contributed by atoms with Gasteiger partial charge in [-0.1, -0.05) is 6.07 Å². The maximum absolute atomic E-state index is 5.46. The summed E-state index contributed by atoms with van der Waals surface area (Å²) in [5.74, 6) is 1.69. The Morgan fingerprint density at radius 1 is 1.25 bits per heavy atom. The summed E-state index contributed by atoms with van der Waals surface area (Å²) in [6, 6.07) is 8.36. The van der Waals surface area contributed by atoms with E-state index in [1.807, 2.05) is 6.07 Å². The zero-order valence-corrected chi connectivity index (χ0v) is 12.3. The van der Waals surface area contributed by atoms with Gasteiger partial charge in [-0.25, -0.2) is 0 Å². The Morgan fingerprint density at radius 3 is 2.80 bits per heavy atom. The molecule has 0 N–H and O–H groups in total. The van der Waals surface area contributed by atoms with Gasteiger partial charge in [-0.05, 0) is 24.5 Å². The molecule has 4 nitrogen and oxygen atoms in total. The molecule has 0 bridgehead atoms. The second kappa shape index (κ2) is 6.46. The van der Waals surface area contributed by atoms with Crippen molar-refractivity contribution in [3.8, 4) is 5.75 Å². The number of benzene rings is 1. The van der Waals surface area contributed by atoms with Crippen LogP contribution in [-0.2, 0) is 4.74 Å². The summed E-state index contributed by atoms with van der Waals surface area (Å²) in [4.78, 5) is 5.03. The minimum atomic E-state index is 0.748. The normalized spacial score (nSPS) is 24.1. The Balaban J connectivity index is 1.52. The van der Waals surface area contributed by atoms with Crippen LogP contribution in [0.4, 0.5) is 5.69 Å². The van der Waals surface area contributed by atoms with E-state index in [0.717, 1.165) is 51.1 Å². The van der Waals surface area contributed by atoms with Gasteiger partial charge < -0.3 is 14.4 Å². The van der Waals surface area contributed by atoms with Crippen LogP contribution >= 0.6 is 0 Å². The standard InChI is InChI=1S/C16H24N2O2/c1-19-16-4-2-3-15(11-16)18-8-6-17(7-9-18)12-14-5-10-20-13-14/h2-4,11,14H,5-10,12-13H2,1H3. The molecule has 2 fully saturated rings. The Hall–Kier alpha value is -1.26. The molecule has 0 spiro atoms. The number of piperazine rings is 1. The summed E-state index contributed by atoms with van der Waals surface area (Å²) in [7, 11) is 1.72. The first-order valence-corrected chi connectivity index (χ1v) is 7.54. The number of hydrogen-bond acceptors (Lipinski definition) is 4. The van der Waals surface area contributed by atoms with Crippen molar-refractivity contribution in [3.63, 3.8) is 0 Å². The second-order valence-electron chi connectivity index (χ2n) is 5.72. The molecular weight excluding hydrogens is 252 g/mol. The Kier molecular flexibility index (Phi) is 4.43. The molecule has 1 unspecified atom stereocenters. The molecular formula is C16H24N2O2. The monoisotopic (exact) mass is 276 g/mol. The third-order valence-corrected chi connectivity index (χ3v) is 4.33. The lowest BCUT2D eigenvalue weighted by Gasteiger charge is -2.37. The number of methoxy groups -OCH3 is 1. The molecule has 1 atom stereocenters. The van der Waals surface area contributed by atoms with Crippen LogP contribution < -0.4 is 9.64 Å². The van der Waals surface area contributed by atoms with Gasteiger partial charge in [0, 0.05) is 51.1 Å². The molecule has 0 aliphatic carbocycles. The highest BCUT2D eigenvalue weighted by Crippen LogP contribution is 2.22. The van der Waals surface area contributed by atoms with Gasteiger partial charge >= 0.3 is 0 Å². The Labute approximate surface area is 121 Å². The SMILES string of the molecule is COc1cccc(N2CCN(CC3CCOC3)CC2)c1. The fourth-order valence-corrected chi connectivity index (χ4v) is 3.09. The molecule has 1 aromatic rings. The van der Waals surface area contributed by atoms with Gasteiger partial charge in [0.05, 0.1) is 13.7 Å². The summed E-state index contributed by atoms with van der Waals surface area (Å²) >= 11 is 0. The zero-order valence-electron chi connectivity index (χ0n) is 12.3. The molecule has 2 aliphatic rings. The first-order chi connectivity index (χ1) is 9.85. The van der Waals surface area contributed by atoms with Gasteiger partial charge in [0.15, 0.2) is 0 Å². The number of anilines is 1. The van der Waals surface area contributed by atoms with E-state index in [9.17, 15) is 0 Å². The molecule has 2 saturated heterocycles. The van der Waals surface area contributed by atoms with Crippen LogP contribution in [0.5, 0.6) is 5.75 Å². The lowest BCUT2D eigenvalue weighted by Crippen LogP contribution is -2.47. The van der Waals surface area contributed by atoms with Crippen molar-refractivity contribution in [2.75, 3.05) is 57.9 Å². The summed E-state index contributed by atoms with van der Waals surface area (Å²) < 4.78 is 10.8. The quantitative estimate of drug-likeness (QED) is 0.838. The van der Waals surface area contributed by atoms with Crippen molar-refractivity contribution in [3.05, 3.63) is 24.3 Å². The van der Waals surface area contributed by atoms with Crippen molar-refractivity contribution in [1.29, 1.82) is 0 Å². The fourth-order valence-electron chi connectivity index (χ4n) is 3.09. The van der Waals surface area contributed by atoms with E-state index in [-0.39, 0.29) is 0 Å². The fraction of sp³-hybridized carbons (Fsp3) is 0.625. The molecule has 0 radical (unpaired) electrons. The first kappa shape index (κ1) is 13.7. The van der Waals surface area contributed by atoms with Gasteiger partial charge in [0.25, 0.3) is 0 Å². The molecule has 4 heteroatoms. The Morgan fingerprint density at radius 2 is 2.10 bits per heavy atom. The third kappa shape index (κ3) is 3.25. The van der Waals surface area contributed by atoms with Crippen molar-refractivity contribution in [2.45, 2.75) is 6.42 Å². The molecule has 2 aliphatic heterocycles. The van der Waals surface area contributed by atoms with Crippen molar-refractivity contribution in [1.82, 2.24) is 4.90 Å². The topological polar surface area (TPSA) is 24.9 Å². The predicted molar refractivity (Wildman–Crippen MR) is 80.6 cm³/mol. The van der Waals surface area contributed by atoms with Crippen molar-refractivity contribution < 1.29 is 9.47 Å². The van der Waals surface area contributed by atoms with Crippen LogP contribution in [0.1, 0.15) is 6.42 Å². The van der Waals surface area contributed by atoms with Crippen LogP contribution in [0.3, 0.4) is 0 Å². The molecule has 110 valence electrons. The van der Waals surface area contributed by atoms with E-state index in [0.29, 0.717) is 0 Å². The van der Waals surface area contributed by atoms with Crippen LogP contribution in [0.15, 0.2) is 24.3 Å². The summed E-state index contributed by atoms with van der Waals surface area (Å²) in [5.41, 5.74) is 1.27. The minimum Gasteiger partial charge on any atom is -0.497 e. The maximum Gasteiger partial charge on any atom is 0.120 e. The number of hydrogen-bond donors (Lipinski definition) is 0. The van der Waals surface area contributed by atoms with Crippen molar-refractivity contribution in [2.24, 2.45) is 5.92 Å². The number of rotatable bonds is 4. The Bertz CT molecular complexity index is 424. The summed E-state index contributed by atoms with van der Waals surface area (Å²) in [6.45, 7) is 7.60. The second-order valence-corrected chi connectivity index (χ2v) is 5.72. The van der Waals surface area contributed by atoms with E-state index < -0.39 is 0 Å². The van der Waals surface area contributed by atoms with Crippen LogP contribution in [-0.4, -0.2) is 57.9 Å². The van der Waals surface area contributed by atoms with E-state index in [4.69, 9.17) is 9.47 Å². The average Bonchev–Trinajstić information content (AvgIpc) is 3.01. The molecule has 0 aromatic heterocycles. The van der Waals surface area contributed by atoms with Gasteiger partial charge in [-0.2, -0.15) is 0 Å². The van der Waals surface area contributed by atoms with Crippen LogP contribution in [0.25, 0.3) is 0 Å². The molecule has 0 amide bonds. The predicted octanol–water partition coefficient (Wildman–Crippen LogP) is 1.85. The molecule has 20 heavy (non-hydrogen) atoms. The van der Waals surface area contributed by atoms with Gasteiger partial charge in [-0.3, -0.25) is 4.90 Å². The zero-order chi connectivity index (χ0) is 13.8. The van der Waals surface area contributed by atoms with Gasteiger partial charge in [-0.15, -0.1) is 0 Å². The highest BCUT2D eigenvalue weighted by molar-refractivity contribution is 5.51. The van der Waals surface area contributed by atoms with Crippen LogP contribution in [0.2, 0.25) is 0 Å². The largest absolute Gasteiger partial charge is 0.497 e. The summed E-state index contributed by atoms with van der Waals surface area (Å²) in [6.07, 6.45) is 1.23. The third-order valence-electron chi connectivity index (χ3n) is 4.33. The summed E-state index contributed by atoms with van der Waals surface area (Å²) in [5, 5.41) is 0. The number of ether oxygens (including phenoxy) is 2. The van der Waals surface area contributed by atoms with Gasteiger partial charge in [0.1, 0.15) is 5.75 Å². The van der Waals surface area contributed by atoms with Crippen LogP contribution in [0, 0.1) is 5.92 Å². The molecule has 0 saturated carbocycles. The van der Waals surface area contributed by atoms with E-state index in [1.54, 1.807) is 7.11 Å². The highest BCUT2D eigenvalue weighted by atomic mass is 16.5. The van der Waals surface area contributed by atoms with E-state index in [1.165, 1.54) is 18.7 Å². The maximum atomic E-state index is 5.46. The lowest BCUT2D eigenvalue weighted by atomic mass is 10.1. The smallest absolute Gasteiger partial charge is 0.120 e. The average molecular weight is 276 g/mol. The van der Waals surface area contributed by atoms with E-state index >= 15 is 0 Å². The van der Waals surface area contributed by atoms with Crippen molar-refractivity contribution >= 4 is 5.69 Å². The lowest BCUT2D eigenvalue weighted by molar-refractivity contribution is 0.164. The van der Waals surface area contributed by atoms with Gasteiger partial charge in [0.2, 0.25) is 0 Å². The van der Waals surface area contributed by atoms with E-state index in [2.05, 4.69) is 28.0 Å². The minimum absolute atomic E-state index is 0.748. The molecule has 1 aromatic carbocycles. The molecule has 2 heterocycles.